The minimum atomic E-state index is 0.122. The highest BCUT2D eigenvalue weighted by atomic mass is 32.1. The van der Waals surface area contributed by atoms with Gasteiger partial charge in [-0.25, -0.2) is 4.98 Å². The molecular formula is C12H22N2S. The molecule has 1 unspecified atom stereocenters. The van der Waals surface area contributed by atoms with Crippen LogP contribution in [0.1, 0.15) is 56.8 Å². The number of nitrogens with two attached hydrogens (primary N) is 1. The smallest absolute Gasteiger partial charge is 0.0928 e. The van der Waals surface area contributed by atoms with Crippen molar-refractivity contribution in [3.8, 4) is 0 Å². The SMILES string of the molecule is CCCCc1nc(C(N)CC(C)C)cs1. The van der Waals surface area contributed by atoms with Crippen molar-refractivity contribution in [2.75, 3.05) is 0 Å². The number of aromatic nitrogens is 1. The molecule has 2 N–H and O–H groups in total. The molecule has 0 saturated carbocycles. The first-order valence-electron chi connectivity index (χ1n) is 5.83. The Morgan fingerprint density at radius 1 is 1.47 bits per heavy atom. The van der Waals surface area contributed by atoms with Gasteiger partial charge in [0.1, 0.15) is 0 Å². The molecule has 1 aromatic heterocycles. The summed E-state index contributed by atoms with van der Waals surface area (Å²) in [7, 11) is 0. The molecule has 1 atom stereocenters. The topological polar surface area (TPSA) is 38.9 Å². The Morgan fingerprint density at radius 3 is 2.80 bits per heavy atom. The fourth-order valence-electron chi connectivity index (χ4n) is 1.57. The lowest BCUT2D eigenvalue weighted by Crippen LogP contribution is -2.13. The minimum absolute atomic E-state index is 0.122. The summed E-state index contributed by atoms with van der Waals surface area (Å²) in [6.45, 7) is 6.60. The van der Waals surface area contributed by atoms with Crippen LogP contribution in [0.5, 0.6) is 0 Å². The van der Waals surface area contributed by atoms with Gasteiger partial charge in [-0.15, -0.1) is 11.3 Å². The number of hydrogen-bond acceptors (Lipinski definition) is 3. The quantitative estimate of drug-likeness (QED) is 0.806. The third-order valence-electron chi connectivity index (χ3n) is 2.42. The van der Waals surface area contributed by atoms with E-state index < -0.39 is 0 Å². The fourth-order valence-corrected chi connectivity index (χ4v) is 2.47. The van der Waals surface area contributed by atoms with Crippen LogP contribution in [0.4, 0.5) is 0 Å². The molecule has 0 aliphatic rings. The van der Waals surface area contributed by atoms with Gasteiger partial charge < -0.3 is 5.73 Å². The van der Waals surface area contributed by atoms with Gasteiger partial charge in [-0.1, -0.05) is 27.2 Å². The molecule has 0 fully saturated rings. The second kappa shape index (κ2) is 6.23. The van der Waals surface area contributed by atoms with Gasteiger partial charge in [0.05, 0.1) is 10.7 Å². The van der Waals surface area contributed by atoms with Crippen molar-refractivity contribution in [1.29, 1.82) is 0 Å². The largest absolute Gasteiger partial charge is 0.323 e. The van der Waals surface area contributed by atoms with E-state index >= 15 is 0 Å². The first kappa shape index (κ1) is 12.7. The van der Waals surface area contributed by atoms with E-state index in [2.05, 4.69) is 31.1 Å². The van der Waals surface area contributed by atoms with Crippen LogP contribution in [0.3, 0.4) is 0 Å². The van der Waals surface area contributed by atoms with Crippen LogP contribution < -0.4 is 5.73 Å². The Kier molecular flexibility index (Phi) is 5.26. The summed E-state index contributed by atoms with van der Waals surface area (Å²) in [6.07, 6.45) is 4.59. The van der Waals surface area contributed by atoms with Crippen LogP contribution in [0.15, 0.2) is 5.38 Å². The molecule has 0 aromatic carbocycles. The van der Waals surface area contributed by atoms with Crippen molar-refractivity contribution in [3.63, 3.8) is 0 Å². The van der Waals surface area contributed by atoms with Crippen molar-refractivity contribution < 1.29 is 0 Å². The Morgan fingerprint density at radius 2 is 2.20 bits per heavy atom. The fraction of sp³-hybridized carbons (Fsp3) is 0.750. The highest BCUT2D eigenvalue weighted by Gasteiger charge is 2.11. The van der Waals surface area contributed by atoms with E-state index in [1.165, 1.54) is 17.8 Å². The first-order chi connectivity index (χ1) is 7.13. The summed E-state index contributed by atoms with van der Waals surface area (Å²) in [6, 6.07) is 0.122. The molecule has 0 spiro atoms. The number of unbranched alkanes of at least 4 members (excludes halogenated alkanes) is 1. The van der Waals surface area contributed by atoms with Gasteiger partial charge in [0.25, 0.3) is 0 Å². The third kappa shape index (κ3) is 4.31. The van der Waals surface area contributed by atoms with Crippen molar-refractivity contribution in [2.45, 2.75) is 52.5 Å². The Hall–Kier alpha value is -0.410. The van der Waals surface area contributed by atoms with Crippen molar-refractivity contribution in [2.24, 2.45) is 11.7 Å². The maximum Gasteiger partial charge on any atom is 0.0928 e. The van der Waals surface area contributed by atoms with Gasteiger partial charge in [0.15, 0.2) is 0 Å². The number of hydrogen-bond donors (Lipinski definition) is 1. The van der Waals surface area contributed by atoms with Crippen molar-refractivity contribution in [1.82, 2.24) is 4.98 Å². The van der Waals surface area contributed by atoms with E-state index in [1.54, 1.807) is 11.3 Å². The highest BCUT2D eigenvalue weighted by molar-refractivity contribution is 7.09. The van der Waals surface area contributed by atoms with E-state index in [9.17, 15) is 0 Å². The van der Waals surface area contributed by atoms with E-state index in [4.69, 9.17) is 5.73 Å². The molecule has 0 amide bonds. The van der Waals surface area contributed by atoms with Gasteiger partial charge in [-0.2, -0.15) is 0 Å². The lowest BCUT2D eigenvalue weighted by atomic mass is 10.0. The normalized spacial score (nSPS) is 13.4. The number of rotatable bonds is 6. The second-order valence-electron chi connectivity index (χ2n) is 4.51. The van der Waals surface area contributed by atoms with Crippen LogP contribution in [-0.2, 0) is 6.42 Å². The summed E-state index contributed by atoms with van der Waals surface area (Å²) in [5.74, 6) is 0.640. The Balaban J connectivity index is 2.51. The van der Waals surface area contributed by atoms with Crippen LogP contribution in [0, 0.1) is 5.92 Å². The summed E-state index contributed by atoms with van der Waals surface area (Å²) in [4.78, 5) is 4.59. The van der Waals surface area contributed by atoms with Gasteiger partial charge in [-0.05, 0) is 25.2 Å². The predicted molar refractivity (Wildman–Crippen MR) is 67.1 cm³/mol. The summed E-state index contributed by atoms with van der Waals surface area (Å²) in [5.41, 5.74) is 7.17. The lowest BCUT2D eigenvalue weighted by Gasteiger charge is -2.10. The predicted octanol–water partition coefficient (Wildman–Crippen LogP) is 3.53. The summed E-state index contributed by atoms with van der Waals surface area (Å²) >= 11 is 1.75. The maximum absolute atomic E-state index is 6.08. The zero-order chi connectivity index (χ0) is 11.3. The molecule has 1 heterocycles. The van der Waals surface area contributed by atoms with Gasteiger partial charge >= 0.3 is 0 Å². The number of nitrogens with zero attached hydrogens (tertiary/aromatic N) is 1. The summed E-state index contributed by atoms with van der Waals surface area (Å²) in [5, 5.41) is 3.36. The Bertz CT molecular complexity index is 281. The second-order valence-corrected chi connectivity index (χ2v) is 5.45. The monoisotopic (exact) mass is 226 g/mol. The van der Waals surface area contributed by atoms with E-state index in [-0.39, 0.29) is 6.04 Å². The van der Waals surface area contributed by atoms with Crippen molar-refractivity contribution in [3.05, 3.63) is 16.1 Å². The molecule has 0 aliphatic carbocycles. The third-order valence-corrected chi connectivity index (χ3v) is 3.35. The molecule has 1 aromatic rings. The average molecular weight is 226 g/mol. The summed E-state index contributed by atoms with van der Waals surface area (Å²) < 4.78 is 0. The molecule has 2 nitrogen and oxygen atoms in total. The van der Waals surface area contributed by atoms with E-state index in [1.807, 2.05) is 0 Å². The zero-order valence-electron chi connectivity index (χ0n) is 9.99. The van der Waals surface area contributed by atoms with Gasteiger partial charge in [0.2, 0.25) is 0 Å². The number of aryl methyl sites for hydroxylation is 1. The van der Waals surface area contributed by atoms with Crippen molar-refractivity contribution >= 4 is 11.3 Å². The lowest BCUT2D eigenvalue weighted by molar-refractivity contribution is 0.503. The molecular weight excluding hydrogens is 204 g/mol. The zero-order valence-corrected chi connectivity index (χ0v) is 10.8. The molecule has 86 valence electrons. The molecule has 0 bridgehead atoms. The highest BCUT2D eigenvalue weighted by Crippen LogP contribution is 2.21. The van der Waals surface area contributed by atoms with Gasteiger partial charge in [-0.3, -0.25) is 0 Å². The van der Waals surface area contributed by atoms with Crippen LogP contribution in [0.25, 0.3) is 0 Å². The van der Waals surface area contributed by atoms with Crippen LogP contribution >= 0.6 is 11.3 Å². The van der Waals surface area contributed by atoms with E-state index in [0.29, 0.717) is 5.92 Å². The minimum Gasteiger partial charge on any atom is -0.323 e. The Labute approximate surface area is 96.9 Å². The molecule has 15 heavy (non-hydrogen) atoms. The molecule has 1 rings (SSSR count). The standard InChI is InChI=1S/C12H22N2S/c1-4-5-6-12-14-11(8-15-12)10(13)7-9(2)3/h8-10H,4-7,13H2,1-3H3. The number of thiazole rings is 1. The van der Waals surface area contributed by atoms with Crippen LogP contribution in [0.2, 0.25) is 0 Å². The van der Waals surface area contributed by atoms with Crippen LogP contribution in [-0.4, -0.2) is 4.98 Å². The molecule has 3 heteroatoms. The van der Waals surface area contributed by atoms with E-state index in [0.717, 1.165) is 18.5 Å². The average Bonchev–Trinajstić information content (AvgIpc) is 2.62. The molecule has 0 aliphatic heterocycles. The molecule has 0 radical (unpaired) electrons. The van der Waals surface area contributed by atoms with Gasteiger partial charge in [0, 0.05) is 11.4 Å². The first-order valence-corrected chi connectivity index (χ1v) is 6.71. The molecule has 0 saturated heterocycles. The maximum atomic E-state index is 6.08.